The van der Waals surface area contributed by atoms with Gasteiger partial charge in [-0.15, -0.1) is 11.8 Å². The molecule has 0 aromatic heterocycles. The first-order valence-electron chi connectivity index (χ1n) is 13.5. The highest BCUT2D eigenvalue weighted by atomic mass is 32.2. The lowest BCUT2D eigenvalue weighted by atomic mass is 10.1. The zero-order valence-electron chi connectivity index (χ0n) is 24.9. The van der Waals surface area contributed by atoms with Crippen molar-refractivity contribution >= 4 is 54.7 Å². The minimum Gasteiger partial charge on any atom is -0.480 e. The van der Waals surface area contributed by atoms with Gasteiger partial charge in [0.2, 0.25) is 11.8 Å². The van der Waals surface area contributed by atoms with Crippen molar-refractivity contribution in [2.24, 2.45) is 10.7 Å². The average molecular weight is 662 g/mol. The van der Waals surface area contributed by atoms with Crippen molar-refractivity contribution in [3.05, 3.63) is 36.1 Å². The zero-order valence-corrected chi connectivity index (χ0v) is 26.6. The lowest BCUT2D eigenvalue weighted by Gasteiger charge is -2.37. The predicted octanol–water partition coefficient (Wildman–Crippen LogP) is 1.27. The van der Waals surface area contributed by atoms with E-state index in [2.05, 4.69) is 15.6 Å². The van der Waals surface area contributed by atoms with Gasteiger partial charge in [-0.2, -0.15) is 0 Å². The Balaban J connectivity index is 2.81. The van der Waals surface area contributed by atoms with Crippen LogP contribution in [0.25, 0.3) is 0 Å². The van der Waals surface area contributed by atoms with Gasteiger partial charge in [0.25, 0.3) is 5.91 Å². The van der Waals surface area contributed by atoms with E-state index < -0.39 is 61.2 Å². The molecule has 1 aliphatic carbocycles. The summed E-state index contributed by atoms with van der Waals surface area (Å²) in [5.74, 6) is -4.90. The van der Waals surface area contributed by atoms with Gasteiger partial charge in [0.05, 0.1) is 24.7 Å². The van der Waals surface area contributed by atoms with Crippen molar-refractivity contribution in [3.8, 4) is 0 Å². The standard InChI is InChI=1S/C26H40N5O11PS/c1-5-41-43(40,42-6-2)26(3,4)31(39)14-17-7-9-18(10-8-17)29-22(33)16-44-15-20(24(36)28-13-23(34)35)30-21(32)12-11-19(27)25(37)38/h7-10,14,19-20,39H,5-6,11-13,15-16,27H2,1-4H3,(H,28,36)(H,30,32)(H,34,35)(H,37,38). The van der Waals surface area contributed by atoms with E-state index in [0.29, 0.717) is 11.3 Å². The highest BCUT2D eigenvalue weighted by molar-refractivity contribution is 8.00. The number of carbonyl (C=O) groups is 5. The van der Waals surface area contributed by atoms with Gasteiger partial charge in [-0.1, -0.05) is 12.2 Å². The van der Waals surface area contributed by atoms with Crippen LogP contribution in [0.3, 0.4) is 0 Å². The number of aliphatic carboxylic acids is 2. The van der Waals surface area contributed by atoms with E-state index in [1.807, 2.05) is 0 Å². The third kappa shape index (κ3) is 12.7. The molecule has 0 bridgehead atoms. The molecule has 0 aliphatic heterocycles. The molecule has 0 saturated heterocycles. The maximum absolute atomic E-state index is 13.2. The van der Waals surface area contributed by atoms with Crippen molar-refractivity contribution in [2.45, 2.75) is 57.9 Å². The number of nitrogens with zero attached hydrogens (tertiary/aromatic N) is 2. The number of hydroxylamine groups is 2. The molecule has 0 spiro atoms. The molecule has 3 amide bonds. The minimum absolute atomic E-state index is 0.104. The van der Waals surface area contributed by atoms with Crippen LogP contribution in [-0.2, 0) is 37.6 Å². The fourth-order valence-electron chi connectivity index (χ4n) is 3.34. The molecule has 246 valence electrons. The normalized spacial score (nSPS) is 14.4. The number of nitrogens with two attached hydrogens (primary N) is 1. The molecule has 0 fully saturated rings. The van der Waals surface area contributed by atoms with Crippen LogP contribution in [0.5, 0.6) is 0 Å². The second-order valence-electron chi connectivity index (χ2n) is 9.63. The van der Waals surface area contributed by atoms with E-state index in [1.165, 1.54) is 32.2 Å². The molecule has 16 nitrogen and oxygen atoms in total. The number of carboxylic acid groups (broad SMARTS) is 2. The summed E-state index contributed by atoms with van der Waals surface area (Å²) in [6.07, 6.45) is 7.03. The molecule has 7 N–H and O–H groups in total. The molecule has 0 aromatic rings. The van der Waals surface area contributed by atoms with Crippen LogP contribution in [-0.4, -0.2) is 104 Å². The highest BCUT2D eigenvalue weighted by Crippen LogP contribution is 2.60. The predicted molar refractivity (Wildman–Crippen MR) is 162 cm³/mol. The lowest BCUT2D eigenvalue weighted by Crippen LogP contribution is -2.49. The van der Waals surface area contributed by atoms with Crippen molar-refractivity contribution in [1.29, 1.82) is 0 Å². The molecular weight excluding hydrogens is 621 g/mol. The Kier molecular flexibility index (Phi) is 16.2. The maximum Gasteiger partial charge on any atom is 0.357 e. The van der Waals surface area contributed by atoms with Crippen LogP contribution in [0.2, 0.25) is 0 Å². The quantitative estimate of drug-likeness (QED) is 0.0843. The molecule has 0 radical (unpaired) electrons. The Morgan fingerprint density at radius 1 is 1.11 bits per heavy atom. The highest BCUT2D eigenvalue weighted by Gasteiger charge is 2.47. The number of aliphatic imine (C=N–C) groups is 1. The van der Waals surface area contributed by atoms with Crippen molar-refractivity contribution in [1.82, 2.24) is 15.7 Å². The molecule has 0 saturated carbocycles. The number of carbonyl (C=O) groups excluding carboxylic acids is 3. The number of hydrogen-bond acceptors (Lipinski definition) is 12. The third-order valence-electron chi connectivity index (χ3n) is 5.82. The summed E-state index contributed by atoms with van der Waals surface area (Å²) in [6, 6.07) is -2.48. The molecule has 2 atom stereocenters. The van der Waals surface area contributed by atoms with Crippen LogP contribution in [0, 0.1) is 0 Å². The Morgan fingerprint density at radius 3 is 2.23 bits per heavy atom. The van der Waals surface area contributed by atoms with Crippen LogP contribution < -0.4 is 16.4 Å². The van der Waals surface area contributed by atoms with E-state index in [0.717, 1.165) is 16.8 Å². The third-order valence-corrected chi connectivity index (χ3v) is 9.58. The van der Waals surface area contributed by atoms with Crippen LogP contribution in [0.1, 0.15) is 40.5 Å². The van der Waals surface area contributed by atoms with E-state index in [-0.39, 0.29) is 37.6 Å². The van der Waals surface area contributed by atoms with E-state index in [1.54, 1.807) is 26.0 Å². The Morgan fingerprint density at radius 2 is 1.70 bits per heavy atom. The summed E-state index contributed by atoms with van der Waals surface area (Å²) in [7, 11) is -3.72. The average Bonchev–Trinajstić information content (AvgIpc) is 2.95. The van der Waals surface area contributed by atoms with Gasteiger partial charge in [-0.3, -0.25) is 33.7 Å². The Hall–Kier alpha value is -3.34. The van der Waals surface area contributed by atoms with Crippen LogP contribution in [0.4, 0.5) is 0 Å². The second-order valence-corrected chi connectivity index (χ2v) is 13.3. The largest absolute Gasteiger partial charge is 0.480 e. The second kappa shape index (κ2) is 18.5. The van der Waals surface area contributed by atoms with Gasteiger partial charge in [-0.25, -0.2) is 10.1 Å². The topological polar surface area (TPSA) is 247 Å². The van der Waals surface area contributed by atoms with E-state index in [4.69, 9.17) is 25.0 Å². The van der Waals surface area contributed by atoms with Crippen molar-refractivity contribution in [2.75, 3.05) is 31.3 Å². The van der Waals surface area contributed by atoms with Gasteiger partial charge in [0, 0.05) is 18.4 Å². The first-order valence-corrected chi connectivity index (χ1v) is 16.2. The summed E-state index contributed by atoms with van der Waals surface area (Å²) < 4.78 is 23.9. The molecule has 1 aliphatic rings. The fourth-order valence-corrected chi connectivity index (χ4v) is 5.86. The van der Waals surface area contributed by atoms with E-state index in [9.17, 15) is 33.7 Å². The van der Waals surface area contributed by atoms with Gasteiger partial charge in [-0.05, 0) is 51.8 Å². The molecular formula is C26H40N5O11PS. The first-order chi connectivity index (χ1) is 20.6. The SMILES string of the molecule is CCOP(=O)(OCC)C(C)(C)N(O)C=C1C=CC(=NC(=O)CSCC(NC(=O)CCC(N)C(=O)O)C(=O)NCC(=O)O)C=C1. The monoisotopic (exact) mass is 661 g/mol. The first kappa shape index (κ1) is 38.7. The summed E-state index contributed by atoms with van der Waals surface area (Å²) in [6.45, 7) is 5.89. The minimum atomic E-state index is -3.72. The maximum atomic E-state index is 13.2. The fraction of sp³-hybridized carbons (Fsp3) is 0.538. The Labute approximate surface area is 259 Å². The molecule has 0 heterocycles. The van der Waals surface area contributed by atoms with Crippen molar-refractivity contribution in [3.63, 3.8) is 0 Å². The van der Waals surface area contributed by atoms with Gasteiger partial charge >= 0.3 is 19.5 Å². The van der Waals surface area contributed by atoms with Crippen molar-refractivity contribution < 1.29 is 53.0 Å². The number of hydrogen-bond donors (Lipinski definition) is 6. The molecule has 0 aromatic carbocycles. The van der Waals surface area contributed by atoms with Crippen LogP contribution in [0.15, 0.2) is 41.1 Å². The number of nitrogens with one attached hydrogen (secondary N) is 2. The zero-order chi connectivity index (χ0) is 33.5. The number of rotatable bonds is 19. The summed E-state index contributed by atoms with van der Waals surface area (Å²) in [5.41, 5.74) is 6.18. The molecule has 1 rings (SSSR count). The Bertz CT molecular complexity index is 1210. The summed E-state index contributed by atoms with van der Waals surface area (Å²) in [4.78, 5) is 62.7. The molecule has 44 heavy (non-hydrogen) atoms. The van der Waals surface area contributed by atoms with Gasteiger partial charge in [0.1, 0.15) is 18.6 Å². The summed E-state index contributed by atoms with van der Waals surface area (Å²) in [5, 5.41) is 32.2. The molecule has 2 unspecified atom stereocenters. The smallest absolute Gasteiger partial charge is 0.357 e. The number of carboxylic acids is 2. The number of allylic oxidation sites excluding steroid dienone is 5. The van der Waals surface area contributed by atoms with E-state index >= 15 is 0 Å². The lowest BCUT2D eigenvalue weighted by molar-refractivity contribution is -0.139. The summed E-state index contributed by atoms with van der Waals surface area (Å²) >= 11 is 0.966. The van der Waals surface area contributed by atoms with Gasteiger partial charge < -0.3 is 35.6 Å². The molecule has 18 heteroatoms. The van der Waals surface area contributed by atoms with Gasteiger partial charge in [0.15, 0.2) is 5.28 Å². The van der Waals surface area contributed by atoms with Crippen LogP contribution >= 0.6 is 19.4 Å². The number of thioether (sulfide) groups is 1. The number of amides is 3.